The summed E-state index contributed by atoms with van der Waals surface area (Å²) in [5, 5.41) is 0. The predicted molar refractivity (Wildman–Crippen MR) is 122 cm³/mol. The molecule has 9 heteroatoms. The van der Waals surface area contributed by atoms with Crippen molar-refractivity contribution in [1.82, 2.24) is 14.3 Å². The van der Waals surface area contributed by atoms with Crippen LogP contribution in [0.1, 0.15) is 30.4 Å². The van der Waals surface area contributed by atoms with Gasteiger partial charge in [0.25, 0.3) is 0 Å². The minimum Gasteiger partial charge on any atom is -0.496 e. The molecule has 0 radical (unpaired) electrons. The highest BCUT2D eigenvalue weighted by Gasteiger charge is 2.31. The smallest absolute Gasteiger partial charge is 0.243 e. The molecule has 1 aromatic carbocycles. The van der Waals surface area contributed by atoms with Crippen LogP contribution in [0.5, 0.6) is 5.75 Å². The van der Waals surface area contributed by atoms with Crippen molar-refractivity contribution in [3.05, 3.63) is 35.7 Å². The van der Waals surface area contributed by atoms with Gasteiger partial charge in [0, 0.05) is 45.3 Å². The zero-order valence-electron chi connectivity index (χ0n) is 18.5. The van der Waals surface area contributed by atoms with Crippen LogP contribution in [0.25, 0.3) is 0 Å². The number of ether oxygens (including phenoxy) is 1. The van der Waals surface area contributed by atoms with Gasteiger partial charge in [0.05, 0.1) is 12.0 Å². The summed E-state index contributed by atoms with van der Waals surface area (Å²) >= 11 is 0. The van der Waals surface area contributed by atoms with E-state index in [9.17, 15) is 8.42 Å². The van der Waals surface area contributed by atoms with Crippen LogP contribution in [0.15, 0.2) is 29.4 Å². The summed E-state index contributed by atoms with van der Waals surface area (Å²) in [6, 6.07) is 5.42. The monoisotopic (exact) mass is 445 g/mol. The van der Waals surface area contributed by atoms with E-state index in [2.05, 4.69) is 19.8 Å². The van der Waals surface area contributed by atoms with Crippen LogP contribution >= 0.6 is 0 Å². The number of hydrogen-bond donors (Lipinski definition) is 0. The molecule has 2 aliphatic rings. The van der Waals surface area contributed by atoms with E-state index in [1.54, 1.807) is 29.9 Å². The van der Waals surface area contributed by atoms with Gasteiger partial charge >= 0.3 is 0 Å². The molecule has 3 heterocycles. The Hall–Kier alpha value is -2.39. The Morgan fingerprint density at radius 1 is 0.839 bits per heavy atom. The lowest BCUT2D eigenvalue weighted by Crippen LogP contribution is -2.49. The summed E-state index contributed by atoms with van der Waals surface area (Å²) in [5.74, 6) is 2.53. The number of benzene rings is 1. The van der Waals surface area contributed by atoms with E-state index >= 15 is 0 Å². The van der Waals surface area contributed by atoms with E-state index in [0.29, 0.717) is 36.8 Å². The third-order valence-corrected chi connectivity index (χ3v) is 8.45. The molecule has 168 valence electrons. The number of methoxy groups -OCH3 is 1. The Labute approximate surface area is 184 Å². The summed E-state index contributed by atoms with van der Waals surface area (Å²) in [7, 11) is -1.96. The van der Waals surface area contributed by atoms with E-state index in [4.69, 9.17) is 4.74 Å². The first-order chi connectivity index (χ1) is 14.9. The molecule has 2 aliphatic heterocycles. The molecule has 31 heavy (non-hydrogen) atoms. The van der Waals surface area contributed by atoms with Crippen LogP contribution in [-0.4, -0.2) is 69.1 Å². The van der Waals surface area contributed by atoms with Crippen molar-refractivity contribution >= 4 is 21.7 Å². The van der Waals surface area contributed by atoms with E-state index in [-0.39, 0.29) is 0 Å². The number of rotatable bonds is 5. The van der Waals surface area contributed by atoms with Crippen LogP contribution in [0.4, 0.5) is 11.6 Å². The number of aromatic nitrogens is 2. The van der Waals surface area contributed by atoms with Gasteiger partial charge in [0.1, 0.15) is 23.7 Å². The van der Waals surface area contributed by atoms with Crippen molar-refractivity contribution < 1.29 is 13.2 Å². The maximum atomic E-state index is 13.3. The molecule has 1 aromatic heterocycles. The van der Waals surface area contributed by atoms with Gasteiger partial charge in [-0.1, -0.05) is 0 Å². The van der Waals surface area contributed by atoms with Crippen molar-refractivity contribution in [3.63, 3.8) is 0 Å². The third kappa shape index (κ3) is 4.34. The molecular formula is C22H31N5O3S. The second kappa shape index (κ2) is 9.00. The first-order valence-corrected chi connectivity index (χ1v) is 12.3. The first-order valence-electron chi connectivity index (χ1n) is 10.9. The average molecular weight is 446 g/mol. The number of piperidine rings is 1. The second-order valence-electron chi connectivity index (χ2n) is 8.19. The zero-order chi connectivity index (χ0) is 22.0. The lowest BCUT2D eigenvalue weighted by molar-refractivity contribution is 0.383. The fraction of sp³-hybridized carbons (Fsp3) is 0.545. The standard InChI is InChI=1S/C22H31N5O3S/c1-17-18(2)20(8-7-19(17)30-3)31(28,29)27-13-11-26(12-14-27)22-15-21(23-16-24-22)25-9-5-4-6-10-25/h7-8,15-16H,4-6,9-14H2,1-3H3. The molecule has 4 rings (SSSR count). The number of anilines is 2. The lowest BCUT2D eigenvalue weighted by atomic mass is 10.1. The Morgan fingerprint density at radius 3 is 2.06 bits per heavy atom. The highest BCUT2D eigenvalue weighted by atomic mass is 32.2. The number of nitrogens with zero attached hydrogens (tertiary/aromatic N) is 5. The number of sulfonamides is 1. The maximum Gasteiger partial charge on any atom is 0.243 e. The third-order valence-electron chi connectivity index (χ3n) is 6.41. The van der Waals surface area contributed by atoms with Crippen LogP contribution in [0, 0.1) is 13.8 Å². The summed E-state index contributed by atoms with van der Waals surface area (Å²) in [6.07, 6.45) is 5.28. The van der Waals surface area contributed by atoms with E-state index in [0.717, 1.165) is 35.9 Å². The highest BCUT2D eigenvalue weighted by Crippen LogP contribution is 2.30. The topological polar surface area (TPSA) is 78.9 Å². The largest absolute Gasteiger partial charge is 0.496 e. The van der Waals surface area contributed by atoms with Crippen molar-refractivity contribution in [1.29, 1.82) is 0 Å². The summed E-state index contributed by atoms with van der Waals surface area (Å²) < 4.78 is 33.5. The molecule has 0 bridgehead atoms. The van der Waals surface area contributed by atoms with Crippen LogP contribution in [0.2, 0.25) is 0 Å². The highest BCUT2D eigenvalue weighted by molar-refractivity contribution is 7.89. The van der Waals surface area contributed by atoms with Crippen molar-refractivity contribution in [2.24, 2.45) is 0 Å². The summed E-state index contributed by atoms with van der Waals surface area (Å²) in [6.45, 7) is 7.84. The summed E-state index contributed by atoms with van der Waals surface area (Å²) in [5.41, 5.74) is 1.59. The van der Waals surface area contributed by atoms with E-state index < -0.39 is 10.0 Å². The Balaban J connectivity index is 1.47. The molecule has 0 N–H and O–H groups in total. The molecule has 0 unspecified atom stereocenters. The van der Waals surface area contributed by atoms with Gasteiger partial charge in [-0.2, -0.15) is 4.31 Å². The molecule has 0 spiro atoms. The predicted octanol–water partition coefficient (Wildman–Crippen LogP) is 2.60. The minimum absolute atomic E-state index is 0.355. The maximum absolute atomic E-state index is 13.3. The van der Waals surface area contributed by atoms with E-state index in [1.165, 1.54) is 19.3 Å². The molecule has 2 fully saturated rings. The molecule has 8 nitrogen and oxygen atoms in total. The second-order valence-corrected chi connectivity index (χ2v) is 10.1. The molecule has 2 saturated heterocycles. The SMILES string of the molecule is COc1ccc(S(=O)(=O)N2CCN(c3cc(N4CCCCC4)ncn3)CC2)c(C)c1C. The quantitative estimate of drug-likeness (QED) is 0.700. The van der Waals surface area contributed by atoms with Gasteiger partial charge in [-0.25, -0.2) is 18.4 Å². The van der Waals surface area contributed by atoms with Gasteiger partial charge in [-0.15, -0.1) is 0 Å². The van der Waals surface area contributed by atoms with Crippen LogP contribution in [0.3, 0.4) is 0 Å². The van der Waals surface area contributed by atoms with Gasteiger partial charge in [0.2, 0.25) is 10.0 Å². The van der Waals surface area contributed by atoms with Crippen molar-refractivity contribution in [3.8, 4) is 5.75 Å². The molecule has 0 atom stereocenters. The van der Waals surface area contributed by atoms with Gasteiger partial charge in [0.15, 0.2) is 0 Å². The van der Waals surface area contributed by atoms with Gasteiger partial charge < -0.3 is 14.5 Å². The zero-order valence-corrected chi connectivity index (χ0v) is 19.4. The fourth-order valence-electron chi connectivity index (χ4n) is 4.37. The number of hydrogen-bond acceptors (Lipinski definition) is 7. The molecule has 0 saturated carbocycles. The van der Waals surface area contributed by atoms with Crippen LogP contribution in [-0.2, 0) is 10.0 Å². The van der Waals surface area contributed by atoms with Crippen molar-refractivity contribution in [2.45, 2.75) is 38.0 Å². The van der Waals surface area contributed by atoms with E-state index in [1.807, 2.05) is 19.9 Å². The van der Waals surface area contributed by atoms with Crippen LogP contribution < -0.4 is 14.5 Å². The first kappa shape index (κ1) is 21.8. The molecule has 2 aromatic rings. The normalized spacial score (nSPS) is 18.3. The molecular weight excluding hydrogens is 414 g/mol. The minimum atomic E-state index is -3.56. The Morgan fingerprint density at radius 2 is 1.45 bits per heavy atom. The molecule has 0 aliphatic carbocycles. The molecule has 0 amide bonds. The summed E-state index contributed by atoms with van der Waals surface area (Å²) in [4.78, 5) is 13.7. The van der Waals surface area contributed by atoms with Gasteiger partial charge in [-0.3, -0.25) is 0 Å². The average Bonchev–Trinajstić information content (AvgIpc) is 2.81. The lowest BCUT2D eigenvalue weighted by Gasteiger charge is -2.35. The van der Waals surface area contributed by atoms with Crippen molar-refractivity contribution in [2.75, 3.05) is 56.2 Å². The fourth-order valence-corrected chi connectivity index (χ4v) is 6.08. The Bertz CT molecular complexity index is 1030. The number of piperazine rings is 1. The van der Waals surface area contributed by atoms with Gasteiger partial charge in [-0.05, 0) is 56.4 Å². The Kier molecular flexibility index (Phi) is 6.34.